The highest BCUT2D eigenvalue weighted by molar-refractivity contribution is 9.10. The minimum Gasteiger partial charge on any atom is -0.465 e. The smallest absolute Gasteiger partial charge is 0.407 e. The van der Waals surface area contributed by atoms with Crippen LogP contribution in [0.5, 0.6) is 0 Å². The quantitative estimate of drug-likeness (QED) is 0.423. The predicted octanol–water partition coefficient (Wildman–Crippen LogP) is 5.35. The van der Waals surface area contributed by atoms with Crippen LogP contribution in [0.2, 0.25) is 16.6 Å². The summed E-state index contributed by atoms with van der Waals surface area (Å²) < 4.78 is 0.762. The molecule has 8 heteroatoms. The number of rotatable bonds is 6. The van der Waals surface area contributed by atoms with Crippen LogP contribution in [-0.2, 0) is 4.79 Å². The van der Waals surface area contributed by atoms with Crippen molar-refractivity contribution in [2.75, 3.05) is 12.4 Å². The molecule has 1 atom stereocenters. The average molecular weight is 482 g/mol. The number of hydrogen-bond donors (Lipinski definition) is 2. The van der Waals surface area contributed by atoms with Gasteiger partial charge in [-0.3, -0.25) is 9.69 Å². The Bertz CT molecular complexity index is 793. The van der Waals surface area contributed by atoms with E-state index in [-0.39, 0.29) is 0 Å². The second-order valence-corrected chi connectivity index (χ2v) is 14.7. The maximum Gasteiger partial charge on any atom is 0.407 e. The van der Waals surface area contributed by atoms with Crippen molar-refractivity contribution >= 4 is 41.8 Å². The predicted molar refractivity (Wildman–Crippen MR) is 124 cm³/mol. The van der Waals surface area contributed by atoms with Crippen LogP contribution in [0.4, 0.5) is 10.6 Å². The Kier molecular flexibility index (Phi) is 8.91. The van der Waals surface area contributed by atoms with Crippen LogP contribution in [-0.4, -0.2) is 48.2 Å². The van der Waals surface area contributed by atoms with Crippen molar-refractivity contribution in [3.63, 3.8) is 0 Å². The molecule has 6 nitrogen and oxygen atoms in total. The number of carbonyl (C=O) groups is 2. The molecule has 0 aliphatic heterocycles. The van der Waals surface area contributed by atoms with E-state index in [2.05, 4.69) is 79.2 Å². The molecule has 160 valence electrons. The summed E-state index contributed by atoms with van der Waals surface area (Å²) in [5.41, 5.74) is 5.70. The Morgan fingerprint density at radius 1 is 1.10 bits per heavy atom. The van der Waals surface area contributed by atoms with Gasteiger partial charge >= 0.3 is 6.09 Å². The second kappa shape index (κ2) is 10.3. The lowest BCUT2D eigenvalue weighted by atomic mass is 10.3. The summed E-state index contributed by atoms with van der Waals surface area (Å²) in [6.45, 7) is 15.0. The Morgan fingerprint density at radius 3 is 2.07 bits per heavy atom. The van der Waals surface area contributed by atoms with E-state index in [1.807, 2.05) is 0 Å². The summed E-state index contributed by atoms with van der Waals surface area (Å²) in [6, 6.07) is 2.62. The maximum absolute atomic E-state index is 12.3. The Hall–Kier alpha value is -1.85. The first-order valence-electron chi connectivity index (χ1n) is 9.80. The van der Waals surface area contributed by atoms with Crippen LogP contribution >= 0.6 is 15.9 Å². The van der Waals surface area contributed by atoms with Crippen molar-refractivity contribution in [3.8, 4) is 11.5 Å². The lowest BCUT2D eigenvalue weighted by Gasteiger charge is -2.38. The van der Waals surface area contributed by atoms with E-state index in [1.54, 1.807) is 12.1 Å². The standard InChI is InChI=1S/C21H32BrN3O3Si/c1-13(2)29(14(3)4,15(5)6)12-11-18-17(22)9-10-19(23-18)24-20(26)16(7)25(8)21(27)28/h9-10,13-16H,1-8H3,(H,27,28)(H,23,24,26)/t16-/m0/s1. The monoisotopic (exact) mass is 481 g/mol. The fraction of sp³-hybridized carbons (Fsp3) is 0.571. The van der Waals surface area contributed by atoms with Gasteiger partial charge in [-0.25, -0.2) is 9.78 Å². The van der Waals surface area contributed by atoms with Gasteiger partial charge in [0.15, 0.2) is 0 Å². The van der Waals surface area contributed by atoms with Gasteiger partial charge in [-0.1, -0.05) is 47.5 Å². The van der Waals surface area contributed by atoms with Crippen LogP contribution in [0.25, 0.3) is 0 Å². The van der Waals surface area contributed by atoms with Crippen molar-refractivity contribution in [3.05, 3.63) is 22.3 Å². The Morgan fingerprint density at radius 2 is 1.62 bits per heavy atom. The number of carboxylic acid groups (broad SMARTS) is 1. The molecule has 0 saturated heterocycles. The number of hydrogen-bond acceptors (Lipinski definition) is 3. The number of pyridine rings is 1. The summed E-state index contributed by atoms with van der Waals surface area (Å²) >= 11 is 3.50. The molecule has 1 heterocycles. The van der Waals surface area contributed by atoms with E-state index in [0.717, 1.165) is 9.37 Å². The number of anilines is 1. The third-order valence-electron chi connectivity index (χ3n) is 5.62. The Labute approximate surface area is 183 Å². The van der Waals surface area contributed by atoms with Gasteiger partial charge in [0.25, 0.3) is 0 Å². The van der Waals surface area contributed by atoms with E-state index in [0.29, 0.717) is 28.1 Å². The number of carbonyl (C=O) groups excluding carboxylic acids is 1. The second-order valence-electron chi connectivity index (χ2n) is 8.23. The van der Waals surface area contributed by atoms with Gasteiger partial charge in [-0.15, -0.1) is 5.54 Å². The van der Waals surface area contributed by atoms with Gasteiger partial charge in [-0.2, -0.15) is 0 Å². The number of amides is 2. The van der Waals surface area contributed by atoms with Gasteiger partial charge in [0.1, 0.15) is 25.6 Å². The fourth-order valence-electron chi connectivity index (χ4n) is 3.77. The van der Waals surface area contributed by atoms with Gasteiger partial charge in [0, 0.05) is 7.05 Å². The molecule has 1 aromatic heterocycles. The summed E-state index contributed by atoms with van der Waals surface area (Å²) in [5.74, 6) is 3.18. The molecule has 0 aliphatic carbocycles. The number of aromatic nitrogens is 1. The van der Waals surface area contributed by atoms with E-state index in [9.17, 15) is 9.59 Å². The molecule has 1 rings (SSSR count). The number of nitrogens with zero attached hydrogens (tertiary/aromatic N) is 2. The van der Waals surface area contributed by atoms with Gasteiger partial charge in [0.05, 0.1) is 4.47 Å². The first-order valence-corrected chi connectivity index (χ1v) is 12.8. The van der Waals surface area contributed by atoms with Gasteiger partial charge in [0.2, 0.25) is 5.91 Å². The van der Waals surface area contributed by atoms with Crippen molar-refractivity contribution < 1.29 is 14.7 Å². The summed E-state index contributed by atoms with van der Waals surface area (Å²) in [6.07, 6.45) is -1.17. The van der Waals surface area contributed by atoms with E-state index >= 15 is 0 Å². The molecule has 2 amide bonds. The third kappa shape index (κ3) is 5.83. The highest BCUT2D eigenvalue weighted by Crippen LogP contribution is 2.40. The van der Waals surface area contributed by atoms with Crippen LogP contribution in [0.1, 0.15) is 54.2 Å². The third-order valence-corrected chi connectivity index (χ3v) is 12.6. The molecule has 0 aromatic carbocycles. The lowest BCUT2D eigenvalue weighted by Crippen LogP contribution is -2.43. The molecule has 29 heavy (non-hydrogen) atoms. The minimum absolute atomic E-state index is 0.346. The largest absolute Gasteiger partial charge is 0.465 e. The molecule has 0 bridgehead atoms. The molecule has 0 unspecified atom stereocenters. The van der Waals surface area contributed by atoms with Crippen LogP contribution in [0.15, 0.2) is 16.6 Å². The lowest BCUT2D eigenvalue weighted by molar-refractivity contribution is -0.119. The van der Waals surface area contributed by atoms with Crippen LogP contribution < -0.4 is 5.32 Å². The average Bonchev–Trinajstić information content (AvgIpc) is 2.62. The highest BCUT2D eigenvalue weighted by atomic mass is 79.9. The van der Waals surface area contributed by atoms with Gasteiger partial charge in [-0.05, 0) is 51.6 Å². The fourth-order valence-corrected chi connectivity index (χ4v) is 9.29. The molecular weight excluding hydrogens is 450 g/mol. The van der Waals surface area contributed by atoms with Gasteiger partial charge < -0.3 is 10.4 Å². The Balaban J connectivity index is 3.24. The molecule has 0 aliphatic rings. The topological polar surface area (TPSA) is 82.5 Å². The summed E-state index contributed by atoms with van der Waals surface area (Å²) in [7, 11) is -0.556. The SMILES string of the molecule is CC(C)[Si](C#Cc1nc(NC(=O)[C@H](C)N(C)C(=O)O)ccc1Br)(C(C)C)C(C)C. The minimum atomic E-state index is -1.91. The molecule has 0 saturated carbocycles. The molecule has 1 aromatic rings. The molecule has 0 radical (unpaired) electrons. The number of halogens is 1. The highest BCUT2D eigenvalue weighted by Gasteiger charge is 2.41. The van der Waals surface area contributed by atoms with Crippen molar-refractivity contribution in [1.82, 2.24) is 9.88 Å². The first-order chi connectivity index (χ1) is 13.3. The van der Waals surface area contributed by atoms with Crippen LogP contribution in [0, 0.1) is 11.5 Å². The zero-order valence-electron chi connectivity index (χ0n) is 18.5. The molecule has 0 fully saturated rings. The van der Waals surface area contributed by atoms with Crippen LogP contribution in [0.3, 0.4) is 0 Å². The van der Waals surface area contributed by atoms with Crippen molar-refractivity contribution in [2.45, 2.75) is 71.1 Å². The normalized spacial score (nSPS) is 12.6. The number of likely N-dealkylation sites (N-methyl/N-ethyl adjacent to an activating group) is 1. The van der Waals surface area contributed by atoms with Crippen molar-refractivity contribution in [1.29, 1.82) is 0 Å². The molecular formula is C21H32BrN3O3Si. The van der Waals surface area contributed by atoms with E-state index in [4.69, 9.17) is 5.11 Å². The maximum atomic E-state index is 12.3. The summed E-state index contributed by atoms with van der Waals surface area (Å²) in [4.78, 5) is 28.8. The number of nitrogens with one attached hydrogen (secondary N) is 1. The molecule has 0 spiro atoms. The first kappa shape index (κ1) is 25.2. The molecule has 2 N–H and O–H groups in total. The zero-order valence-corrected chi connectivity index (χ0v) is 21.1. The van der Waals surface area contributed by atoms with Crippen molar-refractivity contribution in [2.24, 2.45) is 0 Å². The van der Waals surface area contributed by atoms with E-state index in [1.165, 1.54) is 14.0 Å². The summed E-state index contributed by atoms with van der Waals surface area (Å²) in [5, 5.41) is 11.7. The zero-order chi connectivity index (χ0) is 22.5. The van der Waals surface area contributed by atoms with E-state index < -0.39 is 26.1 Å².